The Labute approximate surface area is 129 Å². The van der Waals surface area contributed by atoms with Gasteiger partial charge in [0.1, 0.15) is 0 Å². The average molecular weight is 342 g/mol. The quantitative estimate of drug-likeness (QED) is 0.853. The lowest BCUT2D eigenvalue weighted by molar-refractivity contribution is 0.233. The molecule has 120 valence electrons. The van der Waals surface area contributed by atoms with Gasteiger partial charge in [-0.2, -0.15) is 19.0 Å². The largest absolute Gasteiger partial charge is 0.344 e. The lowest BCUT2D eigenvalue weighted by Crippen LogP contribution is -2.15. The van der Waals surface area contributed by atoms with Crippen LogP contribution in [-0.4, -0.2) is 28.9 Å². The highest BCUT2D eigenvalue weighted by atomic mass is 32.2. The number of hydrogen-bond acceptors (Lipinski definition) is 5. The van der Waals surface area contributed by atoms with Gasteiger partial charge in [0, 0.05) is 6.42 Å². The normalized spacial score (nSPS) is 20.5. The first-order valence-corrected chi connectivity index (χ1v) is 8.02. The van der Waals surface area contributed by atoms with Gasteiger partial charge in [-0.05, 0) is 11.6 Å². The number of benzene rings is 1. The summed E-state index contributed by atoms with van der Waals surface area (Å²) in [6, 6.07) is 7.54. The van der Waals surface area contributed by atoms with Crippen LogP contribution in [0.4, 0.5) is 13.2 Å². The van der Waals surface area contributed by atoms with Crippen molar-refractivity contribution < 1.29 is 21.6 Å². The number of rotatable bonds is 3. The summed E-state index contributed by atoms with van der Waals surface area (Å²) in [5.74, 6) is -4.02. The maximum Gasteiger partial charge on any atom is 0.344 e. The van der Waals surface area contributed by atoms with E-state index in [2.05, 4.69) is 10.1 Å². The van der Waals surface area contributed by atoms with E-state index in [1.807, 2.05) is 6.07 Å². The van der Waals surface area contributed by atoms with Crippen LogP contribution >= 0.6 is 0 Å². The summed E-state index contributed by atoms with van der Waals surface area (Å²) < 4.78 is 63.1. The second-order valence-corrected chi connectivity index (χ2v) is 6.73. The number of nitrogens with zero attached hydrogens (tertiary/aromatic N) is 4. The third-order valence-electron chi connectivity index (χ3n) is 3.57. The topological polar surface area (TPSA) is 88.6 Å². The van der Waals surface area contributed by atoms with E-state index in [9.17, 15) is 21.6 Å². The lowest BCUT2D eigenvalue weighted by Gasteiger charge is -2.13. The Bertz CT molecular complexity index is 904. The fraction of sp³-hybridized carbons (Fsp3) is 0.308. The van der Waals surface area contributed by atoms with Crippen molar-refractivity contribution in [2.45, 2.75) is 29.5 Å². The molecule has 2 heterocycles. The van der Waals surface area contributed by atoms with Gasteiger partial charge >= 0.3 is 5.76 Å². The molecule has 3 rings (SSSR count). The van der Waals surface area contributed by atoms with Gasteiger partial charge in [-0.1, -0.05) is 18.2 Å². The minimum absolute atomic E-state index is 0.0942. The molecule has 2 aromatic rings. The predicted octanol–water partition coefficient (Wildman–Crippen LogP) is 2.15. The molecule has 0 fully saturated rings. The maximum absolute atomic E-state index is 14.1. The fourth-order valence-electron chi connectivity index (χ4n) is 2.51. The molecular formula is C13H9F3N4O2S. The van der Waals surface area contributed by atoms with Gasteiger partial charge in [0.05, 0.1) is 17.7 Å². The third kappa shape index (κ3) is 2.37. The van der Waals surface area contributed by atoms with E-state index < -0.39 is 33.0 Å². The smallest absolute Gasteiger partial charge is 0.239 e. The molecule has 0 radical (unpaired) electrons. The number of hydrogen-bond donors (Lipinski definition) is 0. The molecule has 6 nitrogen and oxygen atoms in total. The molecule has 0 amide bonds. The van der Waals surface area contributed by atoms with E-state index in [1.165, 1.54) is 6.07 Å². The highest BCUT2D eigenvalue weighted by Gasteiger charge is 2.40. The van der Waals surface area contributed by atoms with Crippen LogP contribution in [0.2, 0.25) is 0 Å². The van der Waals surface area contributed by atoms with Crippen LogP contribution < -0.4 is 0 Å². The van der Waals surface area contributed by atoms with Crippen LogP contribution in [0, 0.1) is 11.3 Å². The molecule has 1 aromatic heterocycles. The van der Waals surface area contributed by atoms with Crippen molar-refractivity contribution in [1.29, 1.82) is 5.26 Å². The van der Waals surface area contributed by atoms with E-state index in [0.29, 0.717) is 5.56 Å². The van der Waals surface area contributed by atoms with Gasteiger partial charge in [0.25, 0.3) is 15.0 Å². The Balaban J connectivity index is 2.12. The summed E-state index contributed by atoms with van der Waals surface area (Å²) in [5.41, 5.74) is 0.702. The van der Waals surface area contributed by atoms with Crippen LogP contribution in [0.5, 0.6) is 0 Å². The summed E-state index contributed by atoms with van der Waals surface area (Å²) in [6.45, 7) is 0. The summed E-state index contributed by atoms with van der Waals surface area (Å²) in [7, 11) is -5.01. The molecule has 0 saturated carbocycles. The minimum atomic E-state index is -5.01. The molecule has 2 atom stereocenters. The Morgan fingerprint density at radius 1 is 1.35 bits per heavy atom. The SMILES string of the molecule is N#Cc1ccccc1[C@@H]1C[C@H](F)c2nc(S(=O)(=O)C(F)F)nn21. The molecule has 0 N–H and O–H groups in total. The van der Waals surface area contributed by atoms with Crippen molar-refractivity contribution in [2.24, 2.45) is 0 Å². The summed E-state index contributed by atoms with van der Waals surface area (Å²) in [4.78, 5) is 3.42. The Morgan fingerprint density at radius 2 is 2.04 bits per heavy atom. The number of alkyl halides is 3. The highest BCUT2D eigenvalue weighted by molar-refractivity contribution is 7.91. The molecule has 23 heavy (non-hydrogen) atoms. The highest BCUT2D eigenvalue weighted by Crippen LogP contribution is 2.40. The van der Waals surface area contributed by atoms with E-state index in [0.717, 1.165) is 4.68 Å². The third-order valence-corrected chi connectivity index (χ3v) is 4.72. The van der Waals surface area contributed by atoms with Gasteiger partial charge in [-0.25, -0.2) is 17.5 Å². The first kappa shape index (κ1) is 15.5. The second-order valence-electron chi connectivity index (χ2n) is 4.92. The predicted molar refractivity (Wildman–Crippen MR) is 71.0 cm³/mol. The minimum Gasteiger partial charge on any atom is -0.239 e. The van der Waals surface area contributed by atoms with Crippen molar-refractivity contribution in [3.05, 3.63) is 41.2 Å². The standard InChI is InChI=1S/C13H9F3N4O2S/c14-9-5-10(8-4-2-1-3-7(8)6-17)20-11(9)18-13(19-20)23(21,22)12(15)16/h1-4,9-10,12H,5H2/t9-,10-/m0/s1. The molecule has 1 aromatic carbocycles. The lowest BCUT2D eigenvalue weighted by atomic mass is 9.99. The van der Waals surface area contributed by atoms with Crippen LogP contribution in [0.1, 0.15) is 35.6 Å². The molecule has 0 saturated heterocycles. The van der Waals surface area contributed by atoms with Crippen molar-refractivity contribution in [3.8, 4) is 6.07 Å². The summed E-state index contributed by atoms with van der Waals surface area (Å²) >= 11 is 0. The van der Waals surface area contributed by atoms with Gasteiger partial charge in [0.15, 0.2) is 12.0 Å². The van der Waals surface area contributed by atoms with Gasteiger partial charge < -0.3 is 0 Å². The first-order valence-electron chi connectivity index (χ1n) is 6.48. The Morgan fingerprint density at radius 3 is 2.70 bits per heavy atom. The Hall–Kier alpha value is -2.41. The van der Waals surface area contributed by atoms with Crippen LogP contribution in [-0.2, 0) is 9.84 Å². The zero-order chi connectivity index (χ0) is 16.8. The summed E-state index contributed by atoms with van der Waals surface area (Å²) in [5, 5.41) is 11.6. The monoisotopic (exact) mass is 342 g/mol. The van der Waals surface area contributed by atoms with E-state index in [4.69, 9.17) is 5.26 Å². The van der Waals surface area contributed by atoms with E-state index >= 15 is 0 Å². The van der Waals surface area contributed by atoms with Crippen molar-refractivity contribution in [1.82, 2.24) is 14.8 Å². The van der Waals surface area contributed by atoms with Crippen LogP contribution in [0.15, 0.2) is 29.4 Å². The molecular weight excluding hydrogens is 333 g/mol. The summed E-state index contributed by atoms with van der Waals surface area (Å²) in [6.07, 6.45) is -1.75. The molecule has 0 aliphatic carbocycles. The van der Waals surface area contributed by atoms with Crippen LogP contribution in [0.25, 0.3) is 0 Å². The zero-order valence-electron chi connectivity index (χ0n) is 11.4. The molecule has 10 heteroatoms. The van der Waals surface area contributed by atoms with Crippen molar-refractivity contribution in [3.63, 3.8) is 0 Å². The van der Waals surface area contributed by atoms with Gasteiger partial charge in [-0.15, -0.1) is 5.10 Å². The second kappa shape index (κ2) is 5.34. The number of nitriles is 1. The molecule has 1 aliphatic rings. The first-order chi connectivity index (χ1) is 10.9. The maximum atomic E-state index is 14.1. The van der Waals surface area contributed by atoms with Gasteiger partial charge in [0.2, 0.25) is 0 Å². The van der Waals surface area contributed by atoms with E-state index in [1.54, 1.807) is 18.2 Å². The van der Waals surface area contributed by atoms with Crippen molar-refractivity contribution >= 4 is 9.84 Å². The average Bonchev–Trinajstić information content (AvgIpc) is 3.08. The fourth-order valence-corrected chi connectivity index (χ4v) is 3.09. The number of sulfone groups is 1. The number of aromatic nitrogens is 3. The number of fused-ring (bicyclic) bond motifs is 1. The number of halogens is 3. The molecule has 0 unspecified atom stereocenters. The van der Waals surface area contributed by atoms with Gasteiger partial charge in [-0.3, -0.25) is 0 Å². The molecule has 1 aliphatic heterocycles. The van der Waals surface area contributed by atoms with Crippen LogP contribution in [0.3, 0.4) is 0 Å². The van der Waals surface area contributed by atoms with E-state index in [-0.39, 0.29) is 17.8 Å². The molecule has 0 spiro atoms. The Kier molecular flexibility index (Phi) is 3.60. The zero-order valence-corrected chi connectivity index (χ0v) is 12.2. The molecule has 0 bridgehead atoms. The van der Waals surface area contributed by atoms with Crippen molar-refractivity contribution in [2.75, 3.05) is 0 Å².